The largest absolute Gasteiger partial charge is 0.416 e. The number of nitrogens with one attached hydrogen (secondary N) is 1. The van der Waals surface area contributed by atoms with Crippen molar-refractivity contribution >= 4 is 23.5 Å². The highest BCUT2D eigenvalue weighted by Gasteiger charge is 2.30. The van der Waals surface area contributed by atoms with Crippen LogP contribution >= 0.6 is 11.6 Å². The Morgan fingerprint density at radius 3 is 2.54 bits per heavy atom. The van der Waals surface area contributed by atoms with E-state index in [1.165, 1.54) is 18.3 Å². The number of benzene rings is 2. The van der Waals surface area contributed by atoms with Crippen LogP contribution in [0, 0.1) is 6.92 Å². The zero-order chi connectivity index (χ0) is 18.7. The number of para-hydroxylation sites is 1. The first-order valence-corrected chi connectivity index (χ1v) is 8.01. The molecular formula is C18H14ClF3N4. The van der Waals surface area contributed by atoms with Gasteiger partial charge in [-0.1, -0.05) is 35.9 Å². The maximum absolute atomic E-state index is 12.7. The van der Waals surface area contributed by atoms with Crippen molar-refractivity contribution in [2.24, 2.45) is 5.10 Å². The van der Waals surface area contributed by atoms with Crippen LogP contribution in [0.15, 0.2) is 59.7 Å². The second kappa shape index (κ2) is 7.21. The number of halogens is 4. The molecule has 3 rings (SSSR count). The number of nitrogens with zero attached hydrogens (tertiary/aromatic N) is 3. The first kappa shape index (κ1) is 18.0. The van der Waals surface area contributed by atoms with E-state index in [2.05, 4.69) is 15.6 Å². The van der Waals surface area contributed by atoms with Gasteiger partial charge in [0.15, 0.2) is 0 Å². The van der Waals surface area contributed by atoms with Gasteiger partial charge >= 0.3 is 6.18 Å². The molecule has 8 heteroatoms. The lowest BCUT2D eigenvalue weighted by molar-refractivity contribution is -0.137. The maximum Gasteiger partial charge on any atom is 0.416 e. The second-order valence-corrected chi connectivity index (χ2v) is 5.84. The lowest BCUT2D eigenvalue weighted by Crippen LogP contribution is -2.05. The average Bonchev–Trinajstić information content (AvgIpc) is 2.90. The third-order valence-corrected chi connectivity index (χ3v) is 3.99. The van der Waals surface area contributed by atoms with E-state index in [1.807, 2.05) is 30.3 Å². The second-order valence-electron chi connectivity index (χ2n) is 5.49. The van der Waals surface area contributed by atoms with Gasteiger partial charge in [-0.25, -0.2) is 4.68 Å². The Hall–Kier alpha value is -2.80. The van der Waals surface area contributed by atoms with Gasteiger partial charge in [-0.05, 0) is 37.3 Å². The first-order chi connectivity index (χ1) is 12.4. The smallest absolute Gasteiger partial charge is 0.278 e. The van der Waals surface area contributed by atoms with Crippen LogP contribution in [-0.4, -0.2) is 16.0 Å². The van der Waals surface area contributed by atoms with Crippen molar-refractivity contribution in [2.45, 2.75) is 13.1 Å². The molecule has 4 nitrogen and oxygen atoms in total. The minimum absolute atomic E-state index is 0.223. The highest BCUT2D eigenvalue weighted by atomic mass is 35.5. The molecule has 0 fully saturated rings. The first-order valence-electron chi connectivity index (χ1n) is 7.63. The molecule has 1 N–H and O–H groups in total. The molecule has 0 saturated heterocycles. The highest BCUT2D eigenvalue weighted by Crippen LogP contribution is 2.30. The van der Waals surface area contributed by atoms with Gasteiger partial charge in [-0.15, -0.1) is 0 Å². The Labute approximate surface area is 152 Å². The number of rotatable bonds is 4. The fourth-order valence-electron chi connectivity index (χ4n) is 2.33. The molecule has 0 aliphatic carbocycles. The van der Waals surface area contributed by atoms with Crippen molar-refractivity contribution in [3.63, 3.8) is 0 Å². The topological polar surface area (TPSA) is 42.2 Å². The molecule has 2 aromatic carbocycles. The predicted octanol–water partition coefficient (Wildman–Crippen LogP) is 5.30. The van der Waals surface area contributed by atoms with E-state index in [-0.39, 0.29) is 5.69 Å². The van der Waals surface area contributed by atoms with Crippen LogP contribution in [0.4, 0.5) is 18.9 Å². The zero-order valence-corrected chi connectivity index (χ0v) is 14.4. The molecule has 0 aliphatic heterocycles. The summed E-state index contributed by atoms with van der Waals surface area (Å²) < 4.78 is 39.8. The van der Waals surface area contributed by atoms with Gasteiger partial charge in [0.05, 0.1) is 34.4 Å². The number of hydrogen-bond donors (Lipinski definition) is 1. The van der Waals surface area contributed by atoms with Crippen molar-refractivity contribution in [3.05, 3.63) is 76.6 Å². The summed E-state index contributed by atoms with van der Waals surface area (Å²) in [5, 5.41) is 8.72. The number of alkyl halides is 3. The van der Waals surface area contributed by atoms with Gasteiger partial charge in [-0.2, -0.15) is 23.4 Å². The highest BCUT2D eigenvalue weighted by molar-refractivity contribution is 6.32. The minimum Gasteiger partial charge on any atom is -0.278 e. The molecular weight excluding hydrogens is 365 g/mol. The van der Waals surface area contributed by atoms with Crippen molar-refractivity contribution in [1.29, 1.82) is 0 Å². The minimum atomic E-state index is -4.40. The van der Waals surface area contributed by atoms with E-state index in [4.69, 9.17) is 11.6 Å². The summed E-state index contributed by atoms with van der Waals surface area (Å²) in [6.07, 6.45) is -2.97. The normalized spacial score (nSPS) is 11.9. The van der Waals surface area contributed by atoms with Crippen LogP contribution in [-0.2, 0) is 6.18 Å². The van der Waals surface area contributed by atoms with Crippen LogP contribution in [0.3, 0.4) is 0 Å². The van der Waals surface area contributed by atoms with Gasteiger partial charge in [0.2, 0.25) is 0 Å². The van der Waals surface area contributed by atoms with Crippen molar-refractivity contribution in [2.75, 3.05) is 5.43 Å². The fraction of sp³-hybridized carbons (Fsp3) is 0.111. The van der Waals surface area contributed by atoms with E-state index in [0.717, 1.165) is 17.8 Å². The standard InChI is InChI=1S/C18H14ClF3N4/c1-12-16(17(19)26(25-12)15-8-3-2-4-9-15)11-23-24-14-7-5-6-13(10-14)18(20,21)22/h2-11,24H,1H3/b23-11+. The van der Waals surface area contributed by atoms with Crippen LogP contribution < -0.4 is 5.43 Å². The van der Waals surface area contributed by atoms with E-state index in [9.17, 15) is 13.2 Å². The number of hydrogen-bond acceptors (Lipinski definition) is 3. The fourth-order valence-corrected chi connectivity index (χ4v) is 2.66. The Balaban J connectivity index is 1.81. The van der Waals surface area contributed by atoms with Crippen LogP contribution in [0.25, 0.3) is 5.69 Å². The predicted molar refractivity (Wildman–Crippen MR) is 96.0 cm³/mol. The number of aromatic nitrogens is 2. The van der Waals surface area contributed by atoms with Gasteiger partial charge in [0.1, 0.15) is 5.15 Å². The molecule has 0 radical (unpaired) electrons. The summed E-state index contributed by atoms with van der Waals surface area (Å²) in [5.74, 6) is 0. The van der Waals surface area contributed by atoms with Gasteiger partial charge < -0.3 is 0 Å². The summed E-state index contributed by atoms with van der Waals surface area (Å²) in [5.41, 5.74) is 4.08. The van der Waals surface area contributed by atoms with Crippen molar-refractivity contribution in [3.8, 4) is 5.69 Å². The van der Waals surface area contributed by atoms with E-state index >= 15 is 0 Å². The summed E-state index contributed by atoms with van der Waals surface area (Å²) in [7, 11) is 0. The molecule has 1 aromatic heterocycles. The monoisotopic (exact) mass is 378 g/mol. The Morgan fingerprint density at radius 1 is 1.12 bits per heavy atom. The number of hydrazone groups is 1. The quantitative estimate of drug-likeness (QED) is 0.494. The summed E-state index contributed by atoms with van der Waals surface area (Å²) in [4.78, 5) is 0. The lowest BCUT2D eigenvalue weighted by atomic mass is 10.2. The van der Waals surface area contributed by atoms with Gasteiger partial charge in [0, 0.05) is 0 Å². The molecule has 0 bridgehead atoms. The molecule has 0 aliphatic rings. The van der Waals surface area contributed by atoms with Gasteiger partial charge in [0.25, 0.3) is 0 Å². The van der Waals surface area contributed by atoms with Crippen LogP contribution in [0.5, 0.6) is 0 Å². The number of aryl methyl sites for hydroxylation is 1. The van der Waals surface area contributed by atoms with Crippen LogP contribution in [0.2, 0.25) is 5.15 Å². The molecule has 0 unspecified atom stereocenters. The molecule has 26 heavy (non-hydrogen) atoms. The average molecular weight is 379 g/mol. The summed E-state index contributed by atoms with van der Waals surface area (Å²) in [6.45, 7) is 1.77. The molecule has 0 saturated carbocycles. The van der Waals surface area contributed by atoms with Crippen molar-refractivity contribution < 1.29 is 13.2 Å². The Kier molecular flexibility index (Phi) is 4.99. The summed E-state index contributed by atoms with van der Waals surface area (Å²) in [6, 6.07) is 14.1. The number of anilines is 1. The van der Waals surface area contributed by atoms with Crippen molar-refractivity contribution in [1.82, 2.24) is 9.78 Å². The van der Waals surface area contributed by atoms with Crippen LogP contribution in [0.1, 0.15) is 16.8 Å². The Morgan fingerprint density at radius 2 is 1.85 bits per heavy atom. The Bertz CT molecular complexity index is 933. The maximum atomic E-state index is 12.7. The van der Waals surface area contributed by atoms with E-state index in [0.29, 0.717) is 16.4 Å². The van der Waals surface area contributed by atoms with E-state index < -0.39 is 11.7 Å². The van der Waals surface area contributed by atoms with Gasteiger partial charge in [-0.3, -0.25) is 5.43 Å². The lowest BCUT2D eigenvalue weighted by Gasteiger charge is -2.08. The molecule has 0 atom stereocenters. The molecule has 134 valence electrons. The molecule has 0 amide bonds. The third kappa shape index (κ3) is 3.88. The molecule has 3 aromatic rings. The molecule has 1 heterocycles. The third-order valence-electron chi connectivity index (χ3n) is 3.63. The summed E-state index contributed by atoms with van der Waals surface area (Å²) >= 11 is 6.36. The SMILES string of the molecule is Cc1nn(-c2ccccc2)c(Cl)c1/C=N/Nc1cccc(C(F)(F)F)c1. The van der Waals surface area contributed by atoms with E-state index in [1.54, 1.807) is 11.6 Å². The zero-order valence-electron chi connectivity index (χ0n) is 13.6. The molecule has 0 spiro atoms.